The third-order valence-electron chi connectivity index (χ3n) is 5.21. The third-order valence-corrected chi connectivity index (χ3v) is 5.21. The van der Waals surface area contributed by atoms with Crippen molar-refractivity contribution in [1.82, 2.24) is 10.2 Å². The van der Waals surface area contributed by atoms with E-state index in [2.05, 4.69) is 11.4 Å². The summed E-state index contributed by atoms with van der Waals surface area (Å²) in [5.41, 5.74) is -0.843. The number of allylic oxidation sites excluding steroid dienone is 4. The van der Waals surface area contributed by atoms with Gasteiger partial charge in [-0.25, -0.2) is 9.59 Å². The predicted octanol–water partition coefficient (Wildman–Crippen LogP) is 5.42. The second kappa shape index (κ2) is 13.9. The first-order valence-corrected chi connectivity index (χ1v) is 12.0. The molecule has 0 aromatic rings. The van der Waals surface area contributed by atoms with E-state index in [0.29, 0.717) is 25.8 Å². The molecule has 7 heteroatoms. The Morgan fingerprint density at radius 1 is 1.12 bits per heavy atom. The number of esters is 1. The van der Waals surface area contributed by atoms with Crippen LogP contribution in [0.5, 0.6) is 0 Å². The Hall–Kier alpha value is -2.57. The summed E-state index contributed by atoms with van der Waals surface area (Å²) in [6, 6.07) is 0. The van der Waals surface area contributed by atoms with Crippen LogP contribution >= 0.6 is 0 Å². The van der Waals surface area contributed by atoms with Gasteiger partial charge in [-0.1, -0.05) is 44.1 Å². The van der Waals surface area contributed by atoms with Crippen LogP contribution in [0.15, 0.2) is 36.1 Å². The Morgan fingerprint density at radius 2 is 1.76 bits per heavy atom. The molecule has 1 N–H and O–H groups in total. The maximum atomic E-state index is 12.0. The highest BCUT2D eigenvalue weighted by Crippen LogP contribution is 2.26. The largest absolute Gasteiger partial charge is 0.450 e. The van der Waals surface area contributed by atoms with E-state index in [1.54, 1.807) is 18.0 Å². The van der Waals surface area contributed by atoms with Crippen molar-refractivity contribution >= 4 is 18.0 Å². The minimum atomic E-state index is -0.624. The van der Waals surface area contributed by atoms with E-state index in [1.165, 1.54) is 0 Å². The van der Waals surface area contributed by atoms with Gasteiger partial charge in [-0.05, 0) is 65.9 Å². The molecule has 1 aliphatic heterocycles. The Labute approximate surface area is 199 Å². The molecule has 0 unspecified atom stereocenters. The molecule has 0 aromatic carbocycles. The van der Waals surface area contributed by atoms with Gasteiger partial charge in [0.2, 0.25) is 5.91 Å². The van der Waals surface area contributed by atoms with Gasteiger partial charge in [-0.2, -0.15) is 0 Å². The number of unbranched alkanes of at least 4 members (excludes halogenated alkanes) is 4. The molecule has 1 heterocycles. The van der Waals surface area contributed by atoms with Crippen molar-refractivity contribution in [3.05, 3.63) is 36.1 Å². The minimum absolute atomic E-state index is 0.190. The molecule has 1 rings (SSSR count). The van der Waals surface area contributed by atoms with Crippen molar-refractivity contribution in [3.8, 4) is 0 Å². The molecule has 7 nitrogen and oxygen atoms in total. The highest BCUT2D eigenvalue weighted by Gasteiger charge is 2.35. The van der Waals surface area contributed by atoms with E-state index in [1.807, 2.05) is 52.8 Å². The van der Waals surface area contributed by atoms with Crippen LogP contribution in [0.1, 0.15) is 86.0 Å². The highest BCUT2D eigenvalue weighted by atomic mass is 16.6. The first kappa shape index (κ1) is 28.5. The summed E-state index contributed by atoms with van der Waals surface area (Å²) in [4.78, 5) is 37.3. The van der Waals surface area contributed by atoms with Gasteiger partial charge in [0.05, 0.1) is 0 Å². The number of rotatable bonds is 13. The van der Waals surface area contributed by atoms with Crippen LogP contribution in [0.25, 0.3) is 0 Å². The maximum Gasteiger partial charge on any atom is 0.410 e. The average molecular weight is 463 g/mol. The standard InChI is InChI=1S/C26H42N2O5/c1-7-26(5)20-21(23(30)32-26)27-22(29)18-16-14-12-10-8-9-11-13-15-17-19-28(6)24(31)33-25(2,3)4/h8,10,12,14,20H,7,9,11,13,15-19H2,1-6H3,(H,27,29)/b10-8+,14-12-/t26-/m0/s1. The number of amides is 2. The van der Waals surface area contributed by atoms with Gasteiger partial charge in [-0.15, -0.1) is 0 Å². The number of hydrogen-bond acceptors (Lipinski definition) is 5. The molecule has 0 bridgehead atoms. The second-order valence-corrected chi connectivity index (χ2v) is 9.66. The zero-order valence-electron chi connectivity index (χ0n) is 21.2. The summed E-state index contributed by atoms with van der Waals surface area (Å²) in [7, 11) is 1.77. The maximum absolute atomic E-state index is 12.0. The van der Waals surface area contributed by atoms with Gasteiger partial charge in [0.15, 0.2) is 0 Å². The molecule has 0 saturated heterocycles. The third kappa shape index (κ3) is 12.3. The number of nitrogens with zero attached hydrogens (tertiary/aromatic N) is 1. The summed E-state index contributed by atoms with van der Waals surface area (Å²) in [6.45, 7) is 10.1. The number of nitrogens with one attached hydrogen (secondary N) is 1. The van der Waals surface area contributed by atoms with Crippen LogP contribution in [0.3, 0.4) is 0 Å². The van der Waals surface area contributed by atoms with E-state index >= 15 is 0 Å². The normalized spacial score (nSPS) is 18.5. The molecule has 33 heavy (non-hydrogen) atoms. The topological polar surface area (TPSA) is 84.9 Å². The van der Waals surface area contributed by atoms with Gasteiger partial charge in [0.1, 0.15) is 16.9 Å². The van der Waals surface area contributed by atoms with Gasteiger partial charge in [-0.3, -0.25) is 4.79 Å². The van der Waals surface area contributed by atoms with E-state index in [4.69, 9.17) is 9.47 Å². The number of hydrogen-bond donors (Lipinski definition) is 1. The molecular formula is C26H42N2O5. The summed E-state index contributed by atoms with van der Waals surface area (Å²) >= 11 is 0. The zero-order chi connectivity index (χ0) is 24.9. The van der Waals surface area contributed by atoms with Crippen molar-refractivity contribution in [1.29, 1.82) is 0 Å². The molecule has 0 aliphatic carbocycles. The average Bonchev–Trinajstić information content (AvgIpc) is 3.01. The Bertz CT molecular complexity index is 748. The Morgan fingerprint density at radius 3 is 2.36 bits per heavy atom. The van der Waals surface area contributed by atoms with Crippen LogP contribution in [-0.2, 0) is 19.1 Å². The van der Waals surface area contributed by atoms with E-state index in [9.17, 15) is 14.4 Å². The van der Waals surface area contributed by atoms with Gasteiger partial charge in [0.25, 0.3) is 0 Å². The fourth-order valence-electron chi connectivity index (χ4n) is 3.09. The van der Waals surface area contributed by atoms with Gasteiger partial charge in [0, 0.05) is 20.0 Å². The van der Waals surface area contributed by atoms with E-state index < -0.39 is 17.2 Å². The summed E-state index contributed by atoms with van der Waals surface area (Å²) in [5.74, 6) is -0.661. The van der Waals surface area contributed by atoms with Crippen LogP contribution in [0.2, 0.25) is 0 Å². The Kier molecular flexibility index (Phi) is 12.0. The van der Waals surface area contributed by atoms with Crippen molar-refractivity contribution < 1.29 is 23.9 Å². The molecule has 186 valence electrons. The lowest BCUT2D eigenvalue weighted by Gasteiger charge is -2.24. The number of cyclic esters (lactones) is 1. The smallest absolute Gasteiger partial charge is 0.410 e. The lowest BCUT2D eigenvalue weighted by molar-refractivity contribution is -0.146. The fraction of sp³-hybridized carbons (Fsp3) is 0.654. The lowest BCUT2D eigenvalue weighted by Crippen LogP contribution is -2.34. The monoisotopic (exact) mass is 462 g/mol. The fourth-order valence-corrected chi connectivity index (χ4v) is 3.09. The molecule has 0 radical (unpaired) electrons. The highest BCUT2D eigenvalue weighted by molar-refractivity contribution is 5.96. The van der Waals surface area contributed by atoms with Gasteiger partial charge < -0.3 is 19.7 Å². The van der Waals surface area contributed by atoms with Crippen molar-refractivity contribution in [2.45, 2.75) is 97.2 Å². The van der Waals surface area contributed by atoms with Crippen LogP contribution in [0, 0.1) is 0 Å². The molecule has 2 amide bonds. The minimum Gasteiger partial charge on any atom is -0.450 e. The lowest BCUT2D eigenvalue weighted by atomic mass is 10.0. The van der Waals surface area contributed by atoms with Crippen molar-refractivity contribution in [2.24, 2.45) is 0 Å². The first-order valence-electron chi connectivity index (χ1n) is 12.0. The molecule has 0 aromatic heterocycles. The summed E-state index contributed by atoms with van der Waals surface area (Å²) in [5, 5.41) is 2.64. The van der Waals surface area contributed by atoms with Crippen molar-refractivity contribution in [2.75, 3.05) is 13.6 Å². The molecule has 0 fully saturated rings. The summed E-state index contributed by atoms with van der Waals surface area (Å²) < 4.78 is 10.6. The molecule has 0 saturated carbocycles. The summed E-state index contributed by atoms with van der Waals surface area (Å²) in [6.07, 6.45) is 16.3. The molecule has 0 spiro atoms. The van der Waals surface area contributed by atoms with E-state index in [0.717, 1.165) is 32.1 Å². The number of ether oxygens (including phenoxy) is 2. The van der Waals surface area contributed by atoms with Crippen LogP contribution in [-0.4, -0.2) is 47.7 Å². The van der Waals surface area contributed by atoms with Crippen LogP contribution < -0.4 is 5.32 Å². The molecule has 1 atom stereocenters. The predicted molar refractivity (Wildman–Crippen MR) is 130 cm³/mol. The first-order chi connectivity index (χ1) is 15.5. The molecule has 1 aliphatic rings. The quantitative estimate of drug-likeness (QED) is 0.224. The van der Waals surface area contributed by atoms with Crippen LogP contribution in [0.4, 0.5) is 4.79 Å². The Balaban J connectivity index is 2.08. The number of carbonyl (C=O) groups excluding carboxylic acids is 3. The SMILES string of the molecule is CC[C@@]1(C)C=C(NC(=O)CC/C=C\C=C\CCCCCCN(C)C(=O)OC(C)(C)C)C(=O)O1. The number of carbonyl (C=O) groups is 3. The van der Waals surface area contributed by atoms with Crippen molar-refractivity contribution in [3.63, 3.8) is 0 Å². The van der Waals surface area contributed by atoms with E-state index in [-0.39, 0.29) is 17.7 Å². The zero-order valence-corrected chi connectivity index (χ0v) is 21.2. The van der Waals surface area contributed by atoms with Gasteiger partial charge >= 0.3 is 12.1 Å². The second-order valence-electron chi connectivity index (χ2n) is 9.66. The molecular weight excluding hydrogens is 420 g/mol.